The van der Waals surface area contributed by atoms with Crippen molar-refractivity contribution < 1.29 is 9.90 Å². The number of hydrogen-bond acceptors (Lipinski definition) is 2. The van der Waals surface area contributed by atoms with Crippen molar-refractivity contribution >= 4 is 5.78 Å². The molecule has 118 valence electrons. The molecule has 4 aliphatic rings. The van der Waals surface area contributed by atoms with E-state index in [4.69, 9.17) is 0 Å². The van der Waals surface area contributed by atoms with E-state index in [1.54, 1.807) is 0 Å². The normalized spacial score (nSPS) is 56.5. The zero-order valence-corrected chi connectivity index (χ0v) is 13.6. The third-order valence-electron chi connectivity index (χ3n) is 8.35. The van der Waals surface area contributed by atoms with Crippen molar-refractivity contribution in [1.82, 2.24) is 0 Å². The van der Waals surface area contributed by atoms with Gasteiger partial charge in [-0.2, -0.15) is 0 Å². The van der Waals surface area contributed by atoms with Crippen molar-refractivity contribution in [2.75, 3.05) is 0 Å². The van der Waals surface area contributed by atoms with Crippen LogP contribution in [0.2, 0.25) is 0 Å². The molecular formula is C19H30O2. The molecule has 4 fully saturated rings. The molecule has 5 unspecified atom stereocenters. The Morgan fingerprint density at radius 2 is 1.81 bits per heavy atom. The summed E-state index contributed by atoms with van der Waals surface area (Å²) in [4.78, 5) is 12.4. The van der Waals surface area contributed by atoms with Gasteiger partial charge in [-0.3, -0.25) is 4.79 Å². The summed E-state index contributed by atoms with van der Waals surface area (Å²) in [5.41, 5.74) is 0.452. The smallest absolute Gasteiger partial charge is 0.139 e. The van der Waals surface area contributed by atoms with Crippen LogP contribution in [0.4, 0.5) is 0 Å². The zero-order chi connectivity index (χ0) is 14.8. The maximum atomic E-state index is 12.4. The highest BCUT2D eigenvalue weighted by molar-refractivity contribution is 5.87. The van der Waals surface area contributed by atoms with Crippen LogP contribution in [-0.4, -0.2) is 17.0 Å². The van der Waals surface area contributed by atoms with Gasteiger partial charge >= 0.3 is 0 Å². The summed E-state index contributed by atoms with van der Waals surface area (Å²) in [7, 11) is 0. The third-order valence-corrected chi connectivity index (χ3v) is 8.35. The molecule has 4 aliphatic carbocycles. The Labute approximate surface area is 128 Å². The van der Waals surface area contributed by atoms with E-state index in [1.165, 1.54) is 25.7 Å². The highest BCUT2D eigenvalue weighted by Gasteiger charge is 2.60. The number of aliphatic hydroxyl groups is 1. The third kappa shape index (κ3) is 1.84. The predicted octanol–water partition coefficient (Wildman–Crippen LogP) is 3.96. The molecule has 0 aromatic carbocycles. The van der Waals surface area contributed by atoms with Gasteiger partial charge in [0.25, 0.3) is 0 Å². The lowest BCUT2D eigenvalue weighted by Crippen LogP contribution is -2.54. The van der Waals surface area contributed by atoms with Crippen LogP contribution in [0.15, 0.2) is 0 Å². The number of Topliss-reactive ketones (excluding diaryl/α,β-unsaturated/α-hetero) is 1. The van der Waals surface area contributed by atoms with Crippen molar-refractivity contribution in [3.63, 3.8) is 0 Å². The quantitative estimate of drug-likeness (QED) is 0.733. The molecular weight excluding hydrogens is 260 g/mol. The molecule has 4 rings (SSSR count). The molecule has 0 aliphatic heterocycles. The molecule has 0 aromatic rings. The van der Waals surface area contributed by atoms with Crippen LogP contribution in [0.1, 0.15) is 71.6 Å². The molecule has 0 radical (unpaired) electrons. The van der Waals surface area contributed by atoms with Crippen LogP contribution in [-0.2, 0) is 4.79 Å². The minimum Gasteiger partial charge on any atom is -0.393 e. The highest BCUT2D eigenvalue weighted by Crippen LogP contribution is 2.65. The SMILES string of the molecule is CC12CCC3C(CC[C@H]4C[C@@H](O)CCC34C)C1CCC2=O. The number of aliphatic hydroxyl groups excluding tert-OH is 1. The van der Waals surface area contributed by atoms with Crippen LogP contribution < -0.4 is 0 Å². The number of carbonyl (C=O) groups is 1. The van der Waals surface area contributed by atoms with E-state index < -0.39 is 0 Å². The molecule has 2 heteroatoms. The van der Waals surface area contributed by atoms with Crippen LogP contribution in [0.5, 0.6) is 0 Å². The number of hydrogen-bond donors (Lipinski definition) is 1. The first-order chi connectivity index (χ1) is 9.95. The van der Waals surface area contributed by atoms with Crippen LogP contribution in [0.3, 0.4) is 0 Å². The van der Waals surface area contributed by atoms with Gasteiger partial charge in [0.2, 0.25) is 0 Å². The zero-order valence-electron chi connectivity index (χ0n) is 13.6. The Morgan fingerprint density at radius 3 is 2.62 bits per heavy atom. The summed E-state index contributed by atoms with van der Waals surface area (Å²) in [6.45, 7) is 4.78. The standard InChI is InChI=1S/C19H30O2/c1-18-9-7-13(20)11-12(18)3-4-14-15-5-6-17(21)19(15,2)10-8-16(14)18/h12-16,20H,3-11H2,1-2H3/t12-,13-,14?,15?,16?,18?,19?/m0/s1. The first-order valence-corrected chi connectivity index (χ1v) is 9.16. The first-order valence-electron chi connectivity index (χ1n) is 9.16. The van der Waals surface area contributed by atoms with Crippen molar-refractivity contribution in [3.8, 4) is 0 Å². The second-order valence-electron chi connectivity index (χ2n) is 9.00. The summed E-state index contributed by atoms with van der Waals surface area (Å²) >= 11 is 0. The fourth-order valence-corrected chi connectivity index (χ4v) is 7.01. The molecule has 0 aromatic heterocycles. The van der Waals surface area contributed by atoms with Gasteiger partial charge in [0.05, 0.1) is 6.10 Å². The minimum absolute atomic E-state index is 0.0124. The molecule has 2 nitrogen and oxygen atoms in total. The van der Waals surface area contributed by atoms with Crippen molar-refractivity contribution in [2.45, 2.75) is 77.7 Å². The topological polar surface area (TPSA) is 37.3 Å². The van der Waals surface area contributed by atoms with E-state index in [2.05, 4.69) is 13.8 Å². The average molecular weight is 290 g/mol. The van der Waals surface area contributed by atoms with Gasteiger partial charge in [-0.1, -0.05) is 13.8 Å². The number of fused-ring (bicyclic) bond motifs is 5. The Morgan fingerprint density at radius 1 is 1.00 bits per heavy atom. The van der Waals surface area contributed by atoms with E-state index in [-0.39, 0.29) is 11.5 Å². The monoisotopic (exact) mass is 290 g/mol. The van der Waals surface area contributed by atoms with Crippen LogP contribution in [0.25, 0.3) is 0 Å². The molecule has 0 spiro atoms. The van der Waals surface area contributed by atoms with E-state index in [9.17, 15) is 9.90 Å². The average Bonchev–Trinajstić information content (AvgIpc) is 2.76. The lowest BCUT2D eigenvalue weighted by Gasteiger charge is -2.60. The van der Waals surface area contributed by atoms with Gasteiger partial charge in [0.15, 0.2) is 0 Å². The lowest BCUT2D eigenvalue weighted by atomic mass is 9.45. The largest absolute Gasteiger partial charge is 0.393 e. The fourth-order valence-electron chi connectivity index (χ4n) is 7.01. The number of ketones is 1. The van der Waals surface area contributed by atoms with Crippen LogP contribution >= 0.6 is 0 Å². The molecule has 7 atom stereocenters. The Bertz CT molecular complexity index is 458. The van der Waals surface area contributed by atoms with E-state index in [0.717, 1.165) is 49.9 Å². The summed E-state index contributed by atoms with van der Waals surface area (Å²) < 4.78 is 0. The van der Waals surface area contributed by atoms with Crippen molar-refractivity contribution in [2.24, 2.45) is 34.5 Å². The van der Waals surface area contributed by atoms with Gasteiger partial charge in [-0.15, -0.1) is 0 Å². The Kier molecular flexibility index (Phi) is 3.10. The van der Waals surface area contributed by atoms with Crippen molar-refractivity contribution in [1.29, 1.82) is 0 Å². The lowest BCUT2D eigenvalue weighted by molar-refractivity contribution is -0.142. The maximum absolute atomic E-state index is 12.4. The van der Waals surface area contributed by atoms with Gasteiger partial charge in [0, 0.05) is 11.8 Å². The number of carbonyl (C=O) groups excluding carboxylic acids is 1. The molecule has 0 saturated heterocycles. The van der Waals surface area contributed by atoms with E-state index in [0.29, 0.717) is 17.1 Å². The van der Waals surface area contributed by atoms with Gasteiger partial charge in [0.1, 0.15) is 5.78 Å². The molecule has 0 bridgehead atoms. The number of rotatable bonds is 0. The van der Waals surface area contributed by atoms with Gasteiger partial charge < -0.3 is 5.11 Å². The van der Waals surface area contributed by atoms with E-state index in [1.807, 2.05) is 0 Å². The van der Waals surface area contributed by atoms with E-state index >= 15 is 0 Å². The maximum Gasteiger partial charge on any atom is 0.139 e. The molecule has 0 amide bonds. The molecule has 21 heavy (non-hydrogen) atoms. The second-order valence-corrected chi connectivity index (χ2v) is 9.00. The summed E-state index contributed by atoms with van der Waals surface area (Å²) in [6, 6.07) is 0. The minimum atomic E-state index is -0.0541. The predicted molar refractivity (Wildman–Crippen MR) is 82.7 cm³/mol. The highest BCUT2D eigenvalue weighted by atomic mass is 16.3. The van der Waals surface area contributed by atoms with Gasteiger partial charge in [-0.05, 0) is 80.5 Å². The van der Waals surface area contributed by atoms with Crippen molar-refractivity contribution in [3.05, 3.63) is 0 Å². The Balaban J connectivity index is 1.64. The molecule has 4 saturated carbocycles. The van der Waals surface area contributed by atoms with Crippen LogP contribution in [0, 0.1) is 34.5 Å². The first kappa shape index (κ1) is 14.2. The molecule has 1 N–H and O–H groups in total. The fraction of sp³-hybridized carbons (Fsp3) is 0.947. The summed E-state index contributed by atoms with van der Waals surface area (Å²) in [6.07, 6.45) is 10.1. The van der Waals surface area contributed by atoms with Gasteiger partial charge in [-0.25, -0.2) is 0 Å². The Hall–Kier alpha value is -0.370. The summed E-state index contributed by atoms with van der Waals surface area (Å²) in [5.74, 6) is 3.54. The molecule has 0 heterocycles. The second kappa shape index (κ2) is 4.57. The summed E-state index contributed by atoms with van der Waals surface area (Å²) in [5, 5.41) is 10.0.